The lowest BCUT2D eigenvalue weighted by atomic mass is 9.94. The summed E-state index contributed by atoms with van der Waals surface area (Å²) < 4.78 is 11.6. The maximum Gasteiger partial charge on any atom is 0.256 e. The number of ether oxygens (including phenoxy) is 2. The summed E-state index contributed by atoms with van der Waals surface area (Å²) in [7, 11) is 1.59. The number of aromatic nitrogens is 1. The van der Waals surface area contributed by atoms with Crippen molar-refractivity contribution in [1.82, 2.24) is 15.6 Å². The van der Waals surface area contributed by atoms with Gasteiger partial charge in [0.2, 0.25) is 0 Å². The van der Waals surface area contributed by atoms with Gasteiger partial charge < -0.3 is 25.4 Å². The van der Waals surface area contributed by atoms with Gasteiger partial charge in [-0.1, -0.05) is 42.5 Å². The topological polar surface area (TPSA) is 84.5 Å². The van der Waals surface area contributed by atoms with E-state index in [1.54, 1.807) is 25.4 Å². The van der Waals surface area contributed by atoms with E-state index >= 15 is 0 Å². The first kappa shape index (κ1) is 22.3. The van der Waals surface area contributed by atoms with Crippen LogP contribution in [0.15, 0.2) is 84.2 Å². The molecule has 1 amide bonds. The average molecular weight is 461 g/mol. The molecule has 2 aromatic carbocycles. The molecule has 33 heavy (non-hydrogen) atoms. The van der Waals surface area contributed by atoms with Crippen molar-refractivity contribution in [2.75, 3.05) is 12.4 Å². The van der Waals surface area contributed by atoms with Crippen LogP contribution in [0.4, 0.5) is 5.82 Å². The van der Waals surface area contributed by atoms with E-state index in [1.807, 2.05) is 61.5 Å². The van der Waals surface area contributed by atoms with Gasteiger partial charge in [-0.2, -0.15) is 0 Å². The van der Waals surface area contributed by atoms with Crippen LogP contribution in [-0.2, 0) is 11.4 Å². The number of amides is 1. The molecule has 3 N–H and O–H groups in total. The first-order chi connectivity index (χ1) is 16.0. The fourth-order valence-electron chi connectivity index (χ4n) is 3.58. The third kappa shape index (κ3) is 5.30. The number of hydrogen-bond donors (Lipinski definition) is 3. The number of hydrogen-bond acceptors (Lipinski definition) is 5. The van der Waals surface area contributed by atoms with Crippen molar-refractivity contribution in [3.05, 3.63) is 95.3 Å². The molecule has 0 saturated heterocycles. The summed E-state index contributed by atoms with van der Waals surface area (Å²) >= 11 is 5.36. The number of allylic oxidation sites excluding steroid dienone is 1. The highest BCUT2D eigenvalue weighted by atomic mass is 32.1. The lowest BCUT2D eigenvalue weighted by molar-refractivity contribution is -0.113. The number of carbonyl (C=O) groups excluding carboxylic acids is 1. The third-order valence-corrected chi connectivity index (χ3v) is 5.40. The summed E-state index contributed by atoms with van der Waals surface area (Å²) in [6, 6.07) is 20.4. The normalized spacial score (nSPS) is 15.3. The molecule has 4 rings (SSSR count). The second kappa shape index (κ2) is 10.1. The van der Waals surface area contributed by atoms with Gasteiger partial charge in [-0.25, -0.2) is 4.98 Å². The van der Waals surface area contributed by atoms with E-state index in [1.165, 1.54) is 0 Å². The predicted octanol–water partition coefficient (Wildman–Crippen LogP) is 4.10. The number of anilines is 1. The minimum Gasteiger partial charge on any atom is -0.493 e. The van der Waals surface area contributed by atoms with Crippen LogP contribution in [0.25, 0.3) is 0 Å². The van der Waals surface area contributed by atoms with E-state index < -0.39 is 6.04 Å². The Kier molecular flexibility index (Phi) is 6.85. The van der Waals surface area contributed by atoms with Crippen molar-refractivity contribution < 1.29 is 14.3 Å². The molecular weight excluding hydrogens is 436 g/mol. The molecule has 1 aromatic heterocycles. The molecule has 0 aliphatic carbocycles. The van der Waals surface area contributed by atoms with Crippen molar-refractivity contribution >= 4 is 29.1 Å². The Bertz CT molecular complexity index is 1180. The molecule has 8 heteroatoms. The van der Waals surface area contributed by atoms with Gasteiger partial charge in [-0.3, -0.25) is 4.79 Å². The third-order valence-electron chi connectivity index (χ3n) is 5.18. The van der Waals surface area contributed by atoms with E-state index in [0.29, 0.717) is 40.3 Å². The molecule has 0 spiro atoms. The molecule has 0 bridgehead atoms. The molecule has 1 aliphatic heterocycles. The Morgan fingerprint density at radius 2 is 1.88 bits per heavy atom. The van der Waals surface area contributed by atoms with Crippen LogP contribution in [-0.4, -0.2) is 23.1 Å². The average Bonchev–Trinajstić information content (AvgIpc) is 2.83. The second-order valence-corrected chi connectivity index (χ2v) is 7.83. The molecule has 7 nitrogen and oxygen atoms in total. The lowest BCUT2D eigenvalue weighted by Gasteiger charge is -2.30. The van der Waals surface area contributed by atoms with Crippen LogP contribution in [0.1, 0.15) is 24.1 Å². The monoisotopic (exact) mass is 460 g/mol. The summed E-state index contributed by atoms with van der Waals surface area (Å²) in [5.74, 6) is 1.37. The number of carbonyl (C=O) groups is 1. The fourth-order valence-corrected chi connectivity index (χ4v) is 3.85. The van der Waals surface area contributed by atoms with E-state index in [4.69, 9.17) is 21.7 Å². The maximum absolute atomic E-state index is 13.2. The van der Waals surface area contributed by atoms with Crippen LogP contribution in [0.5, 0.6) is 11.5 Å². The Labute approximate surface area is 197 Å². The molecular formula is C25H24N4O3S. The largest absolute Gasteiger partial charge is 0.493 e. The van der Waals surface area contributed by atoms with Crippen LogP contribution in [0.3, 0.4) is 0 Å². The fraction of sp³-hybridized carbons (Fsp3) is 0.160. The van der Waals surface area contributed by atoms with E-state index in [-0.39, 0.29) is 5.91 Å². The first-order valence-corrected chi connectivity index (χ1v) is 10.8. The minimum atomic E-state index is -0.473. The van der Waals surface area contributed by atoms with Crippen LogP contribution in [0.2, 0.25) is 0 Å². The van der Waals surface area contributed by atoms with E-state index in [0.717, 1.165) is 11.1 Å². The number of rotatable bonds is 7. The Balaban J connectivity index is 1.60. The summed E-state index contributed by atoms with van der Waals surface area (Å²) in [6.07, 6.45) is 1.62. The second-order valence-electron chi connectivity index (χ2n) is 7.42. The summed E-state index contributed by atoms with van der Waals surface area (Å²) in [6.45, 7) is 2.24. The predicted molar refractivity (Wildman–Crippen MR) is 131 cm³/mol. The van der Waals surface area contributed by atoms with Gasteiger partial charge in [-0.15, -0.1) is 0 Å². The molecule has 2 heterocycles. The molecule has 0 unspecified atom stereocenters. The van der Waals surface area contributed by atoms with E-state index in [2.05, 4.69) is 20.9 Å². The number of pyridine rings is 1. The van der Waals surface area contributed by atoms with Crippen LogP contribution in [0, 0.1) is 0 Å². The number of benzene rings is 2. The number of thiocarbonyl (C=S) groups is 1. The van der Waals surface area contributed by atoms with Crippen molar-refractivity contribution in [2.45, 2.75) is 19.6 Å². The zero-order chi connectivity index (χ0) is 23.2. The summed E-state index contributed by atoms with van der Waals surface area (Å²) in [4.78, 5) is 17.3. The van der Waals surface area contributed by atoms with Gasteiger partial charge in [0.25, 0.3) is 5.91 Å². The van der Waals surface area contributed by atoms with Crippen molar-refractivity contribution in [1.29, 1.82) is 0 Å². The van der Waals surface area contributed by atoms with E-state index in [9.17, 15) is 4.79 Å². The Morgan fingerprint density at radius 1 is 1.09 bits per heavy atom. The Morgan fingerprint density at radius 3 is 2.61 bits per heavy atom. The zero-order valence-electron chi connectivity index (χ0n) is 18.3. The number of methoxy groups -OCH3 is 1. The molecule has 0 fully saturated rings. The van der Waals surface area contributed by atoms with Crippen LogP contribution >= 0.6 is 12.2 Å². The smallest absolute Gasteiger partial charge is 0.256 e. The van der Waals surface area contributed by atoms with Gasteiger partial charge in [0.15, 0.2) is 16.6 Å². The number of nitrogens with one attached hydrogen (secondary N) is 3. The first-order valence-electron chi connectivity index (χ1n) is 10.4. The van der Waals surface area contributed by atoms with Crippen molar-refractivity contribution in [3.63, 3.8) is 0 Å². The molecule has 1 atom stereocenters. The Hall–Kier alpha value is -3.91. The quantitative estimate of drug-likeness (QED) is 0.458. The summed E-state index contributed by atoms with van der Waals surface area (Å²) in [5.41, 5.74) is 3.05. The van der Waals surface area contributed by atoms with Crippen molar-refractivity contribution in [2.24, 2.45) is 0 Å². The highest BCUT2D eigenvalue weighted by Crippen LogP contribution is 2.35. The lowest BCUT2D eigenvalue weighted by Crippen LogP contribution is -2.45. The molecule has 3 aromatic rings. The molecule has 0 saturated carbocycles. The van der Waals surface area contributed by atoms with Gasteiger partial charge in [0.05, 0.1) is 18.7 Å². The molecule has 0 radical (unpaired) electrons. The van der Waals surface area contributed by atoms with Crippen LogP contribution < -0.4 is 25.4 Å². The van der Waals surface area contributed by atoms with Crippen molar-refractivity contribution in [3.8, 4) is 11.5 Å². The highest BCUT2D eigenvalue weighted by molar-refractivity contribution is 7.80. The highest BCUT2D eigenvalue weighted by Gasteiger charge is 2.30. The maximum atomic E-state index is 13.2. The van der Waals surface area contributed by atoms with Gasteiger partial charge in [0, 0.05) is 11.9 Å². The molecule has 168 valence electrons. The zero-order valence-corrected chi connectivity index (χ0v) is 19.1. The molecule has 1 aliphatic rings. The summed E-state index contributed by atoms with van der Waals surface area (Å²) in [5, 5.41) is 9.52. The standard InChI is InChI=1S/C25H24N4O3S/c1-16-22(24(30)28-21-10-6-7-13-26-21)23(29-25(33)27-16)18-11-12-19(20(14-18)31-2)32-15-17-8-4-3-5-9-17/h3-14,23H,15H2,1-2H3,(H,26,28,30)(H2,27,29,33)/t23-/m0/s1. The SMILES string of the molecule is COc1cc([C@@H]2NC(=S)NC(C)=C2C(=O)Nc2ccccn2)ccc1OCc1ccccc1. The number of nitrogens with zero attached hydrogens (tertiary/aromatic N) is 1. The minimum absolute atomic E-state index is 0.276. The van der Waals surface area contributed by atoms with Gasteiger partial charge in [0.1, 0.15) is 12.4 Å². The van der Waals surface area contributed by atoms with Gasteiger partial charge in [-0.05, 0) is 54.5 Å². The van der Waals surface area contributed by atoms with Gasteiger partial charge >= 0.3 is 0 Å².